The maximum absolute atomic E-state index is 12.9. The van der Waals surface area contributed by atoms with Crippen molar-refractivity contribution in [2.75, 3.05) is 13.1 Å². The minimum absolute atomic E-state index is 0.203. The van der Waals surface area contributed by atoms with Gasteiger partial charge in [-0.15, -0.1) is 0 Å². The number of amides is 1. The molecular formula is C23H27N5O. The Bertz CT molecular complexity index is 1050. The van der Waals surface area contributed by atoms with Gasteiger partial charge in [-0.1, -0.05) is 18.2 Å². The zero-order chi connectivity index (χ0) is 19.8. The Balaban J connectivity index is 1.25. The van der Waals surface area contributed by atoms with E-state index >= 15 is 0 Å². The first kappa shape index (κ1) is 18.3. The van der Waals surface area contributed by atoms with Gasteiger partial charge in [-0.05, 0) is 43.8 Å². The van der Waals surface area contributed by atoms with E-state index in [0.717, 1.165) is 43.0 Å². The van der Waals surface area contributed by atoms with Crippen LogP contribution in [0.15, 0.2) is 36.5 Å². The van der Waals surface area contributed by atoms with Crippen molar-refractivity contribution in [1.82, 2.24) is 24.8 Å². The minimum Gasteiger partial charge on any atom is -0.344 e. The van der Waals surface area contributed by atoms with Crippen molar-refractivity contribution in [3.63, 3.8) is 0 Å². The number of carbonyl (C=O) groups is 1. The van der Waals surface area contributed by atoms with E-state index < -0.39 is 0 Å². The summed E-state index contributed by atoms with van der Waals surface area (Å²) < 4.78 is 2.25. The second-order valence-electron chi connectivity index (χ2n) is 8.16. The third-order valence-electron chi connectivity index (χ3n) is 6.24. The number of nitrogens with zero attached hydrogens (tertiary/aromatic N) is 4. The molecule has 0 radical (unpaired) electrons. The van der Waals surface area contributed by atoms with Crippen LogP contribution < -0.4 is 5.32 Å². The summed E-state index contributed by atoms with van der Waals surface area (Å²) in [6.45, 7) is 5.23. The second-order valence-corrected chi connectivity index (χ2v) is 8.16. The number of nitrogens with one attached hydrogen (secondary N) is 1. The van der Waals surface area contributed by atoms with E-state index in [9.17, 15) is 4.79 Å². The number of para-hydroxylation sites is 1. The molecule has 2 aliphatic rings. The Morgan fingerprint density at radius 2 is 2.21 bits per heavy atom. The fourth-order valence-corrected chi connectivity index (χ4v) is 4.63. The van der Waals surface area contributed by atoms with Crippen LogP contribution in [-0.4, -0.2) is 38.4 Å². The molecule has 2 aromatic heterocycles. The van der Waals surface area contributed by atoms with Crippen molar-refractivity contribution in [2.24, 2.45) is 0 Å². The Morgan fingerprint density at radius 3 is 3.07 bits per heavy atom. The molecule has 6 heteroatoms. The molecule has 6 nitrogen and oxygen atoms in total. The highest BCUT2D eigenvalue weighted by atomic mass is 16.2. The maximum atomic E-state index is 12.9. The molecule has 5 rings (SSSR count). The third kappa shape index (κ3) is 3.53. The highest BCUT2D eigenvalue weighted by Gasteiger charge is 2.25. The fraction of sp³-hybridized carbons (Fsp3) is 0.435. The van der Waals surface area contributed by atoms with Crippen LogP contribution >= 0.6 is 0 Å². The van der Waals surface area contributed by atoms with Crippen LogP contribution in [0.3, 0.4) is 0 Å². The van der Waals surface area contributed by atoms with Crippen molar-refractivity contribution in [3.8, 4) is 0 Å². The van der Waals surface area contributed by atoms with Gasteiger partial charge in [-0.3, -0.25) is 4.79 Å². The Kier molecular flexibility index (Phi) is 4.79. The van der Waals surface area contributed by atoms with Gasteiger partial charge in [0.05, 0.1) is 11.7 Å². The third-order valence-corrected chi connectivity index (χ3v) is 6.24. The topological polar surface area (TPSA) is 63.1 Å². The standard InChI is InChI=1S/C23H27N5O/c1-16-13-17-5-2-3-7-21(17)28(16)12-9-22(29)27-11-8-19-18(15-27)14-25-23(26-19)20-6-4-10-24-20/h2-3,5,7,13-14,20,24H,4,6,8-12,15H2,1H3/t20-/m0/s1. The number of rotatable bonds is 4. The van der Waals surface area contributed by atoms with Crippen LogP contribution in [0.5, 0.6) is 0 Å². The number of fused-ring (bicyclic) bond motifs is 2. The molecule has 3 aromatic rings. The van der Waals surface area contributed by atoms with Gasteiger partial charge in [0, 0.05) is 55.4 Å². The molecule has 1 fully saturated rings. The van der Waals surface area contributed by atoms with Crippen LogP contribution in [0, 0.1) is 6.92 Å². The lowest BCUT2D eigenvalue weighted by Crippen LogP contribution is -2.37. The highest BCUT2D eigenvalue weighted by molar-refractivity contribution is 5.82. The van der Waals surface area contributed by atoms with E-state index in [1.54, 1.807) is 0 Å². The van der Waals surface area contributed by atoms with E-state index in [0.29, 0.717) is 25.6 Å². The predicted octanol–water partition coefficient (Wildman–Crippen LogP) is 3.14. The summed E-state index contributed by atoms with van der Waals surface area (Å²) in [6.07, 6.45) is 5.55. The van der Waals surface area contributed by atoms with Gasteiger partial charge in [-0.2, -0.15) is 0 Å². The Morgan fingerprint density at radius 1 is 1.31 bits per heavy atom. The first-order valence-electron chi connectivity index (χ1n) is 10.6. The summed E-state index contributed by atoms with van der Waals surface area (Å²) in [4.78, 5) is 24.2. The number of aryl methyl sites for hydroxylation is 2. The van der Waals surface area contributed by atoms with E-state index in [1.165, 1.54) is 23.0 Å². The van der Waals surface area contributed by atoms with Crippen molar-refractivity contribution in [3.05, 3.63) is 59.3 Å². The van der Waals surface area contributed by atoms with Gasteiger partial charge in [0.1, 0.15) is 5.82 Å². The smallest absolute Gasteiger partial charge is 0.224 e. The van der Waals surface area contributed by atoms with Crippen LogP contribution in [-0.2, 0) is 24.3 Å². The average Bonchev–Trinajstić information content (AvgIpc) is 3.39. The summed E-state index contributed by atoms with van der Waals surface area (Å²) >= 11 is 0. The first-order chi connectivity index (χ1) is 14.2. The zero-order valence-electron chi connectivity index (χ0n) is 16.9. The normalized spacial score (nSPS) is 18.9. The first-order valence-corrected chi connectivity index (χ1v) is 10.6. The minimum atomic E-state index is 0.203. The van der Waals surface area contributed by atoms with Crippen LogP contribution in [0.4, 0.5) is 0 Å². The average molecular weight is 390 g/mol. The van der Waals surface area contributed by atoms with Gasteiger partial charge in [0.2, 0.25) is 5.91 Å². The van der Waals surface area contributed by atoms with E-state index in [1.807, 2.05) is 11.1 Å². The van der Waals surface area contributed by atoms with Gasteiger partial charge in [0.15, 0.2) is 0 Å². The molecule has 0 spiro atoms. The Labute approximate surface area is 171 Å². The van der Waals surface area contributed by atoms with Crippen molar-refractivity contribution in [2.45, 2.75) is 51.7 Å². The summed E-state index contributed by atoms with van der Waals surface area (Å²) in [6, 6.07) is 10.8. The molecule has 1 aromatic carbocycles. The molecule has 1 saturated heterocycles. The number of aromatic nitrogens is 3. The summed E-state index contributed by atoms with van der Waals surface area (Å²) in [5, 5.41) is 4.69. The van der Waals surface area contributed by atoms with E-state index in [-0.39, 0.29) is 5.91 Å². The monoisotopic (exact) mass is 389 g/mol. The van der Waals surface area contributed by atoms with Gasteiger partial charge in [0.25, 0.3) is 0 Å². The van der Waals surface area contributed by atoms with Crippen LogP contribution in [0.2, 0.25) is 0 Å². The molecule has 29 heavy (non-hydrogen) atoms. The summed E-state index contributed by atoms with van der Waals surface area (Å²) in [7, 11) is 0. The molecule has 0 bridgehead atoms. The molecule has 4 heterocycles. The highest BCUT2D eigenvalue weighted by Crippen LogP contribution is 2.24. The number of hydrogen-bond donors (Lipinski definition) is 1. The van der Waals surface area contributed by atoms with E-state index in [2.05, 4.69) is 52.1 Å². The van der Waals surface area contributed by atoms with Crippen LogP contribution in [0.1, 0.15) is 48.1 Å². The molecule has 2 aliphatic heterocycles. The molecular weight excluding hydrogens is 362 g/mol. The van der Waals surface area contributed by atoms with Gasteiger partial charge < -0.3 is 14.8 Å². The number of hydrogen-bond acceptors (Lipinski definition) is 4. The lowest BCUT2D eigenvalue weighted by molar-refractivity contribution is -0.132. The predicted molar refractivity (Wildman–Crippen MR) is 112 cm³/mol. The SMILES string of the molecule is Cc1cc2ccccc2n1CCC(=O)N1CCc2nc([C@@H]3CCCN3)ncc2C1. The lowest BCUT2D eigenvalue weighted by atomic mass is 10.1. The zero-order valence-corrected chi connectivity index (χ0v) is 16.9. The van der Waals surface area contributed by atoms with Gasteiger partial charge in [-0.25, -0.2) is 9.97 Å². The quantitative estimate of drug-likeness (QED) is 0.745. The van der Waals surface area contributed by atoms with Crippen molar-refractivity contribution < 1.29 is 4.79 Å². The summed E-state index contributed by atoms with van der Waals surface area (Å²) in [5.74, 6) is 1.12. The molecule has 1 N–H and O–H groups in total. The van der Waals surface area contributed by atoms with Crippen molar-refractivity contribution in [1.29, 1.82) is 0 Å². The largest absolute Gasteiger partial charge is 0.344 e. The second kappa shape index (κ2) is 7.59. The summed E-state index contributed by atoms with van der Waals surface area (Å²) in [5.41, 5.74) is 4.60. The van der Waals surface area contributed by atoms with Gasteiger partial charge >= 0.3 is 0 Å². The Hall–Kier alpha value is -2.73. The molecule has 0 aliphatic carbocycles. The number of benzene rings is 1. The van der Waals surface area contributed by atoms with Crippen LogP contribution in [0.25, 0.3) is 10.9 Å². The maximum Gasteiger partial charge on any atom is 0.224 e. The molecule has 1 amide bonds. The number of carbonyl (C=O) groups excluding carboxylic acids is 1. The molecule has 150 valence electrons. The lowest BCUT2D eigenvalue weighted by Gasteiger charge is -2.28. The van der Waals surface area contributed by atoms with E-state index in [4.69, 9.17) is 4.98 Å². The molecule has 1 atom stereocenters. The van der Waals surface area contributed by atoms with Crippen molar-refractivity contribution >= 4 is 16.8 Å². The molecule has 0 saturated carbocycles. The molecule has 0 unspecified atom stereocenters. The fourth-order valence-electron chi connectivity index (χ4n) is 4.63.